The van der Waals surface area contributed by atoms with E-state index in [0.717, 1.165) is 37.8 Å². The minimum Gasteiger partial charge on any atom is -0.488 e. The van der Waals surface area contributed by atoms with Gasteiger partial charge in [0, 0.05) is 35.8 Å². The maximum absolute atomic E-state index is 12.3. The highest BCUT2D eigenvalue weighted by atomic mass is 35.5. The van der Waals surface area contributed by atoms with Crippen LogP contribution >= 0.6 is 23.4 Å². The molecule has 0 unspecified atom stereocenters. The first-order valence-corrected chi connectivity index (χ1v) is 11.5. The minimum atomic E-state index is -0.357. The molecule has 2 heterocycles. The standard InChI is InChI=1S/C22H23ClN6O2S/c1-13-11-15(20-14(2)21(32-5)27(3)24-20)9-10-19(13)31-12-16-17(23)7-6-8-18(16)29-22(30)28(4)25-26-29/h6-11H,12H2,1-5H3. The predicted molar refractivity (Wildman–Crippen MR) is 126 cm³/mol. The normalized spacial score (nSPS) is 11.2. The number of tetrazole rings is 1. The molecule has 0 aliphatic heterocycles. The van der Waals surface area contributed by atoms with Gasteiger partial charge in [-0.05, 0) is 66.4 Å². The van der Waals surface area contributed by atoms with Crippen molar-refractivity contribution in [3.63, 3.8) is 0 Å². The average molecular weight is 471 g/mol. The Morgan fingerprint density at radius 1 is 1.09 bits per heavy atom. The van der Waals surface area contributed by atoms with Crippen LogP contribution in [0.15, 0.2) is 46.2 Å². The summed E-state index contributed by atoms with van der Waals surface area (Å²) in [5, 5.41) is 14.0. The van der Waals surface area contributed by atoms with Gasteiger partial charge in [0.15, 0.2) is 0 Å². The van der Waals surface area contributed by atoms with Crippen LogP contribution < -0.4 is 10.4 Å². The number of ether oxygens (including phenoxy) is 1. The van der Waals surface area contributed by atoms with Gasteiger partial charge in [0.05, 0.1) is 16.4 Å². The van der Waals surface area contributed by atoms with Crippen LogP contribution in [-0.2, 0) is 20.7 Å². The molecule has 8 nitrogen and oxygen atoms in total. The Morgan fingerprint density at radius 2 is 1.88 bits per heavy atom. The van der Waals surface area contributed by atoms with Crippen molar-refractivity contribution in [1.82, 2.24) is 29.6 Å². The molecule has 0 bridgehead atoms. The Bertz CT molecular complexity index is 1360. The fourth-order valence-corrected chi connectivity index (χ4v) is 4.57. The molecule has 0 saturated carbocycles. The second-order valence-corrected chi connectivity index (χ2v) is 8.61. The van der Waals surface area contributed by atoms with Crippen molar-refractivity contribution >= 4 is 23.4 Å². The van der Waals surface area contributed by atoms with Gasteiger partial charge in [-0.25, -0.2) is 4.79 Å². The van der Waals surface area contributed by atoms with Gasteiger partial charge >= 0.3 is 5.69 Å². The van der Waals surface area contributed by atoms with Gasteiger partial charge in [-0.3, -0.25) is 4.68 Å². The molecule has 10 heteroatoms. The number of benzene rings is 2. The number of rotatable bonds is 6. The van der Waals surface area contributed by atoms with Crippen LogP contribution in [-0.4, -0.2) is 35.8 Å². The molecule has 0 spiro atoms. The van der Waals surface area contributed by atoms with E-state index in [0.29, 0.717) is 16.3 Å². The lowest BCUT2D eigenvalue weighted by Gasteiger charge is -2.14. The molecule has 0 aliphatic carbocycles. The zero-order valence-electron chi connectivity index (χ0n) is 18.5. The maximum atomic E-state index is 12.3. The average Bonchev–Trinajstić information content (AvgIpc) is 3.25. The molecular weight excluding hydrogens is 448 g/mol. The molecule has 32 heavy (non-hydrogen) atoms. The lowest BCUT2D eigenvalue weighted by Crippen LogP contribution is -2.23. The zero-order valence-corrected chi connectivity index (χ0v) is 20.0. The number of nitrogens with zero attached hydrogens (tertiary/aromatic N) is 6. The summed E-state index contributed by atoms with van der Waals surface area (Å²) in [5.74, 6) is 0.727. The zero-order chi connectivity index (χ0) is 23.0. The summed E-state index contributed by atoms with van der Waals surface area (Å²) in [6.45, 7) is 4.26. The van der Waals surface area contributed by atoms with Crippen LogP contribution in [0.1, 0.15) is 16.7 Å². The summed E-state index contributed by atoms with van der Waals surface area (Å²) in [7, 11) is 3.50. The van der Waals surface area contributed by atoms with Gasteiger partial charge in [-0.15, -0.1) is 11.8 Å². The first kappa shape index (κ1) is 22.2. The molecule has 0 atom stereocenters. The lowest BCUT2D eigenvalue weighted by molar-refractivity contribution is 0.303. The molecule has 0 N–H and O–H groups in total. The third-order valence-corrected chi connectivity index (χ3v) is 6.59. The van der Waals surface area contributed by atoms with Gasteiger partial charge in [-0.2, -0.15) is 14.5 Å². The van der Waals surface area contributed by atoms with E-state index in [9.17, 15) is 4.79 Å². The molecule has 4 aromatic rings. The van der Waals surface area contributed by atoms with Gasteiger partial charge in [0.25, 0.3) is 0 Å². The van der Waals surface area contributed by atoms with Crippen LogP contribution in [0.4, 0.5) is 0 Å². The Morgan fingerprint density at radius 3 is 2.50 bits per heavy atom. The predicted octanol–water partition coefficient (Wildman–Crippen LogP) is 3.94. The monoisotopic (exact) mass is 470 g/mol. The quantitative estimate of drug-likeness (QED) is 0.397. The highest BCUT2D eigenvalue weighted by molar-refractivity contribution is 7.98. The topological polar surface area (TPSA) is 79.8 Å². The first-order valence-electron chi connectivity index (χ1n) is 9.90. The summed E-state index contributed by atoms with van der Waals surface area (Å²) >= 11 is 8.12. The largest absolute Gasteiger partial charge is 0.488 e. The van der Waals surface area contributed by atoms with Crippen LogP contribution in [0.5, 0.6) is 5.75 Å². The summed E-state index contributed by atoms with van der Waals surface area (Å²) in [6.07, 6.45) is 2.05. The van der Waals surface area contributed by atoms with Gasteiger partial charge in [-0.1, -0.05) is 17.7 Å². The molecule has 0 radical (unpaired) electrons. The molecule has 166 valence electrons. The smallest absolute Gasteiger partial charge is 0.368 e. The molecule has 0 aliphatic rings. The number of aryl methyl sites for hydroxylation is 3. The maximum Gasteiger partial charge on any atom is 0.368 e. The molecule has 0 fully saturated rings. The molecule has 0 saturated heterocycles. The third-order valence-electron chi connectivity index (χ3n) is 5.28. The number of hydrogen-bond acceptors (Lipinski definition) is 6. The van der Waals surface area contributed by atoms with E-state index >= 15 is 0 Å². The van der Waals surface area contributed by atoms with Crippen molar-refractivity contribution in [3.05, 3.63) is 68.6 Å². The molecule has 0 amide bonds. The second-order valence-electron chi connectivity index (χ2n) is 7.41. The molecule has 4 rings (SSSR count). The molecule has 2 aromatic heterocycles. The Labute approximate surface area is 194 Å². The number of thioether (sulfide) groups is 1. The third kappa shape index (κ3) is 3.93. The number of hydrogen-bond donors (Lipinski definition) is 0. The van der Waals surface area contributed by atoms with Crippen molar-refractivity contribution in [2.45, 2.75) is 25.5 Å². The van der Waals surface area contributed by atoms with Gasteiger partial charge < -0.3 is 4.74 Å². The summed E-state index contributed by atoms with van der Waals surface area (Å²) in [4.78, 5) is 12.3. The van der Waals surface area contributed by atoms with Crippen molar-refractivity contribution < 1.29 is 4.74 Å². The fraction of sp³-hybridized carbons (Fsp3) is 0.273. The van der Waals surface area contributed by atoms with Crippen molar-refractivity contribution in [2.24, 2.45) is 14.1 Å². The van der Waals surface area contributed by atoms with Crippen LogP contribution in [0, 0.1) is 13.8 Å². The Hall–Kier alpha value is -3.04. The number of halogens is 1. The van der Waals surface area contributed by atoms with Gasteiger partial charge in [0.2, 0.25) is 0 Å². The van der Waals surface area contributed by atoms with E-state index < -0.39 is 0 Å². The fourth-order valence-electron chi connectivity index (χ4n) is 3.64. The molecular formula is C22H23ClN6O2S. The van der Waals surface area contributed by atoms with Crippen molar-refractivity contribution in [1.29, 1.82) is 0 Å². The highest BCUT2D eigenvalue weighted by Crippen LogP contribution is 2.32. The van der Waals surface area contributed by atoms with E-state index in [1.165, 1.54) is 4.68 Å². The summed E-state index contributed by atoms with van der Waals surface area (Å²) in [5.41, 5.74) is 4.97. The number of aromatic nitrogens is 6. The summed E-state index contributed by atoms with van der Waals surface area (Å²) in [6, 6.07) is 11.3. The van der Waals surface area contributed by atoms with E-state index in [2.05, 4.69) is 28.5 Å². The Balaban J connectivity index is 1.62. The summed E-state index contributed by atoms with van der Waals surface area (Å²) < 4.78 is 10.4. The van der Waals surface area contributed by atoms with E-state index in [1.807, 2.05) is 37.0 Å². The van der Waals surface area contributed by atoms with Crippen LogP contribution in [0.25, 0.3) is 16.9 Å². The van der Waals surface area contributed by atoms with E-state index in [1.54, 1.807) is 37.0 Å². The minimum absolute atomic E-state index is 0.178. The van der Waals surface area contributed by atoms with Crippen molar-refractivity contribution in [3.8, 4) is 22.7 Å². The SMILES string of the molecule is CSc1c(C)c(-c2ccc(OCc3c(Cl)cccc3-n3nnn(C)c3=O)c(C)c2)nn1C. The second kappa shape index (κ2) is 8.84. The first-order chi connectivity index (χ1) is 15.3. The van der Waals surface area contributed by atoms with E-state index in [-0.39, 0.29) is 12.3 Å². The molecule has 2 aromatic carbocycles. The Kier molecular flexibility index (Phi) is 6.12. The van der Waals surface area contributed by atoms with Gasteiger partial charge in [0.1, 0.15) is 12.4 Å². The highest BCUT2D eigenvalue weighted by Gasteiger charge is 2.17. The van der Waals surface area contributed by atoms with Crippen LogP contribution in [0.2, 0.25) is 5.02 Å². The van der Waals surface area contributed by atoms with Crippen molar-refractivity contribution in [2.75, 3.05) is 6.26 Å². The van der Waals surface area contributed by atoms with Crippen LogP contribution in [0.3, 0.4) is 0 Å². The van der Waals surface area contributed by atoms with E-state index in [4.69, 9.17) is 16.3 Å². The lowest BCUT2D eigenvalue weighted by atomic mass is 10.1.